The molecule has 0 atom stereocenters. The number of ether oxygens (including phenoxy) is 1. The smallest absolute Gasteiger partial charge is 0.260 e. The van der Waals surface area contributed by atoms with Gasteiger partial charge < -0.3 is 14.5 Å². The SMILES string of the molecule is O=C(COc1ccc(Cl)c(Cl)c1)N1CCN(CC(=O)N2CCc3ccccc32)CC1. The van der Waals surface area contributed by atoms with Gasteiger partial charge in [-0.25, -0.2) is 0 Å². The van der Waals surface area contributed by atoms with Gasteiger partial charge in [0.15, 0.2) is 6.61 Å². The molecule has 30 heavy (non-hydrogen) atoms. The quantitative estimate of drug-likeness (QED) is 0.706. The molecule has 2 aliphatic rings. The van der Waals surface area contributed by atoms with Crippen LogP contribution in [0.1, 0.15) is 5.56 Å². The molecule has 0 spiro atoms. The van der Waals surface area contributed by atoms with Gasteiger partial charge in [-0.1, -0.05) is 41.4 Å². The summed E-state index contributed by atoms with van der Waals surface area (Å²) in [6.07, 6.45) is 0.906. The lowest BCUT2D eigenvalue weighted by Gasteiger charge is -2.35. The number of anilines is 1. The highest BCUT2D eigenvalue weighted by Crippen LogP contribution is 2.28. The monoisotopic (exact) mass is 447 g/mol. The molecule has 2 aliphatic heterocycles. The number of rotatable bonds is 5. The molecule has 2 aromatic rings. The fourth-order valence-corrected chi connectivity index (χ4v) is 4.12. The minimum atomic E-state index is -0.0829. The lowest BCUT2D eigenvalue weighted by molar-refractivity contribution is -0.135. The van der Waals surface area contributed by atoms with Gasteiger partial charge in [0.25, 0.3) is 5.91 Å². The van der Waals surface area contributed by atoms with E-state index in [1.807, 2.05) is 23.1 Å². The molecule has 0 aromatic heterocycles. The van der Waals surface area contributed by atoms with Crippen molar-refractivity contribution in [2.45, 2.75) is 6.42 Å². The molecule has 4 rings (SSSR count). The third-order valence-corrected chi connectivity index (χ3v) is 6.26. The predicted octanol–water partition coefficient (Wildman–Crippen LogP) is 3.11. The first-order valence-corrected chi connectivity index (χ1v) is 10.7. The van der Waals surface area contributed by atoms with Crippen LogP contribution in [-0.4, -0.2) is 67.5 Å². The van der Waals surface area contributed by atoms with Crippen LogP contribution in [0.5, 0.6) is 5.75 Å². The zero-order valence-corrected chi connectivity index (χ0v) is 18.0. The van der Waals surface area contributed by atoms with Crippen molar-refractivity contribution < 1.29 is 14.3 Å². The normalized spacial score (nSPS) is 16.5. The highest BCUT2D eigenvalue weighted by atomic mass is 35.5. The molecular weight excluding hydrogens is 425 g/mol. The number of piperazine rings is 1. The van der Waals surface area contributed by atoms with E-state index in [1.54, 1.807) is 23.1 Å². The molecule has 2 aromatic carbocycles. The lowest BCUT2D eigenvalue weighted by atomic mass is 10.2. The maximum absolute atomic E-state index is 12.8. The number of benzene rings is 2. The van der Waals surface area contributed by atoms with Crippen molar-refractivity contribution in [3.05, 3.63) is 58.1 Å². The van der Waals surface area contributed by atoms with Gasteiger partial charge in [-0.15, -0.1) is 0 Å². The molecule has 1 fully saturated rings. The maximum atomic E-state index is 12.8. The van der Waals surface area contributed by atoms with E-state index in [2.05, 4.69) is 11.0 Å². The summed E-state index contributed by atoms with van der Waals surface area (Å²) >= 11 is 11.9. The first-order valence-electron chi connectivity index (χ1n) is 9.97. The molecule has 0 saturated carbocycles. The average Bonchev–Trinajstić information content (AvgIpc) is 3.19. The molecule has 6 nitrogen and oxygen atoms in total. The van der Waals surface area contributed by atoms with Gasteiger partial charge in [0.05, 0.1) is 16.6 Å². The summed E-state index contributed by atoms with van der Waals surface area (Å²) in [4.78, 5) is 31.0. The third-order valence-electron chi connectivity index (χ3n) is 5.53. The van der Waals surface area contributed by atoms with Crippen LogP contribution in [0.4, 0.5) is 5.69 Å². The van der Waals surface area contributed by atoms with E-state index in [0.29, 0.717) is 48.5 Å². The van der Waals surface area contributed by atoms with E-state index in [1.165, 1.54) is 5.56 Å². The second-order valence-corrected chi connectivity index (χ2v) is 8.26. The standard InChI is InChI=1S/C22H23Cl2N3O3/c23-18-6-5-17(13-19(18)24)30-15-22(29)26-11-9-25(10-12-26)14-21(28)27-8-7-16-3-1-2-4-20(16)27/h1-6,13H,7-12,14-15H2. The first kappa shape index (κ1) is 21.0. The van der Waals surface area contributed by atoms with Crippen LogP contribution in [-0.2, 0) is 16.0 Å². The summed E-state index contributed by atoms with van der Waals surface area (Å²) in [7, 11) is 0. The average molecular weight is 448 g/mol. The van der Waals surface area contributed by atoms with Gasteiger partial charge in [0.1, 0.15) is 5.75 Å². The van der Waals surface area contributed by atoms with Gasteiger partial charge in [0, 0.05) is 44.5 Å². The van der Waals surface area contributed by atoms with E-state index < -0.39 is 0 Å². The van der Waals surface area contributed by atoms with Crippen molar-refractivity contribution in [3.63, 3.8) is 0 Å². The largest absolute Gasteiger partial charge is 0.484 e. The predicted molar refractivity (Wildman–Crippen MR) is 117 cm³/mol. The van der Waals surface area contributed by atoms with Crippen molar-refractivity contribution >= 4 is 40.7 Å². The van der Waals surface area contributed by atoms with Crippen LogP contribution < -0.4 is 9.64 Å². The molecule has 2 heterocycles. The minimum absolute atomic E-state index is 0.0541. The Morgan fingerprint density at radius 1 is 0.900 bits per heavy atom. The number of nitrogens with zero attached hydrogens (tertiary/aromatic N) is 3. The van der Waals surface area contributed by atoms with Crippen molar-refractivity contribution in [1.82, 2.24) is 9.80 Å². The van der Waals surface area contributed by atoms with E-state index >= 15 is 0 Å². The number of fused-ring (bicyclic) bond motifs is 1. The number of para-hydroxylation sites is 1. The number of carbonyl (C=O) groups excluding carboxylic acids is 2. The Balaban J connectivity index is 1.23. The van der Waals surface area contributed by atoms with Gasteiger partial charge in [-0.05, 0) is 30.2 Å². The summed E-state index contributed by atoms with van der Waals surface area (Å²) in [6, 6.07) is 13.0. The highest BCUT2D eigenvalue weighted by Gasteiger charge is 2.28. The molecule has 0 bridgehead atoms. The Kier molecular flexibility index (Phi) is 6.46. The number of carbonyl (C=O) groups is 2. The second kappa shape index (κ2) is 9.25. The summed E-state index contributed by atoms with van der Waals surface area (Å²) in [6.45, 7) is 3.54. The van der Waals surface area contributed by atoms with Crippen LogP contribution in [0.25, 0.3) is 0 Å². The molecule has 0 radical (unpaired) electrons. The summed E-state index contributed by atoms with van der Waals surface area (Å²) < 4.78 is 5.54. The third kappa shape index (κ3) is 4.72. The number of hydrogen-bond donors (Lipinski definition) is 0. The molecule has 158 valence electrons. The number of amides is 2. The molecule has 0 N–H and O–H groups in total. The summed E-state index contributed by atoms with van der Waals surface area (Å²) in [5.41, 5.74) is 2.25. The summed E-state index contributed by atoms with van der Waals surface area (Å²) in [5, 5.41) is 0.832. The zero-order valence-electron chi connectivity index (χ0n) is 16.5. The Morgan fingerprint density at radius 2 is 1.67 bits per heavy atom. The van der Waals surface area contributed by atoms with Crippen molar-refractivity contribution in [2.75, 3.05) is 50.8 Å². The van der Waals surface area contributed by atoms with Gasteiger partial charge in [-0.2, -0.15) is 0 Å². The zero-order chi connectivity index (χ0) is 21.1. The Bertz CT molecular complexity index is 945. The van der Waals surface area contributed by atoms with Crippen molar-refractivity contribution in [1.29, 1.82) is 0 Å². The van der Waals surface area contributed by atoms with Crippen LogP contribution in [0.3, 0.4) is 0 Å². The number of hydrogen-bond acceptors (Lipinski definition) is 4. The van der Waals surface area contributed by atoms with Gasteiger partial charge in [0.2, 0.25) is 5.91 Å². The van der Waals surface area contributed by atoms with Crippen molar-refractivity contribution in [3.8, 4) is 5.75 Å². The lowest BCUT2D eigenvalue weighted by Crippen LogP contribution is -2.52. The Hall–Kier alpha value is -2.28. The Labute approximate surface area is 185 Å². The Morgan fingerprint density at radius 3 is 2.43 bits per heavy atom. The van der Waals surface area contributed by atoms with E-state index in [4.69, 9.17) is 27.9 Å². The second-order valence-electron chi connectivity index (χ2n) is 7.45. The van der Waals surface area contributed by atoms with E-state index in [-0.39, 0.29) is 18.4 Å². The van der Waals surface area contributed by atoms with Crippen LogP contribution in [0.15, 0.2) is 42.5 Å². The maximum Gasteiger partial charge on any atom is 0.260 e. The minimum Gasteiger partial charge on any atom is -0.484 e. The van der Waals surface area contributed by atoms with Crippen LogP contribution >= 0.6 is 23.2 Å². The van der Waals surface area contributed by atoms with Crippen molar-refractivity contribution in [2.24, 2.45) is 0 Å². The molecule has 8 heteroatoms. The van der Waals surface area contributed by atoms with E-state index in [0.717, 1.165) is 18.7 Å². The first-order chi connectivity index (χ1) is 14.5. The fourth-order valence-electron chi connectivity index (χ4n) is 3.83. The molecule has 2 amide bonds. The number of halogens is 2. The van der Waals surface area contributed by atoms with E-state index in [9.17, 15) is 9.59 Å². The topological polar surface area (TPSA) is 53.1 Å². The summed E-state index contributed by atoms with van der Waals surface area (Å²) in [5.74, 6) is 0.538. The molecular formula is C22H23Cl2N3O3. The molecule has 0 aliphatic carbocycles. The fraction of sp³-hybridized carbons (Fsp3) is 0.364. The molecule has 0 unspecified atom stereocenters. The van der Waals surface area contributed by atoms with Crippen LogP contribution in [0, 0.1) is 0 Å². The molecule has 1 saturated heterocycles. The van der Waals surface area contributed by atoms with Gasteiger partial charge in [-0.3, -0.25) is 14.5 Å². The van der Waals surface area contributed by atoms with Crippen LogP contribution in [0.2, 0.25) is 10.0 Å². The highest BCUT2D eigenvalue weighted by molar-refractivity contribution is 6.42. The van der Waals surface area contributed by atoms with Gasteiger partial charge >= 0.3 is 0 Å².